The molecule has 1 aliphatic heterocycles. The Balaban J connectivity index is 1.65. The fourth-order valence-corrected chi connectivity index (χ4v) is 6.74. The predicted octanol–water partition coefficient (Wildman–Crippen LogP) is 8.57. The number of hydrogen-bond donors (Lipinski definition) is 1. The average molecular weight is 594 g/mol. The van der Waals surface area contributed by atoms with Gasteiger partial charge in [-0.1, -0.05) is 35.9 Å². The average Bonchev–Trinajstić information content (AvgIpc) is 2.93. The van der Waals surface area contributed by atoms with E-state index in [2.05, 4.69) is 6.07 Å². The number of ketones is 1. The number of hydrogen-bond acceptors (Lipinski definition) is 5. The molecule has 0 bridgehead atoms. The van der Waals surface area contributed by atoms with Crippen LogP contribution < -0.4 is 10.6 Å². The molecule has 0 fully saturated rings. The maximum atomic E-state index is 14.1. The minimum Gasteiger partial charge on any atom is -0.384 e. The topological polar surface area (TPSA) is 70.1 Å². The number of carbonyl (C=O) groups excluding carboxylic acids is 1. The van der Waals surface area contributed by atoms with Crippen molar-refractivity contribution in [1.82, 2.24) is 0 Å². The van der Waals surface area contributed by atoms with Crippen LogP contribution in [0.3, 0.4) is 0 Å². The smallest absolute Gasteiger partial charge is 0.384 e. The maximum Gasteiger partial charge on any atom is 0.418 e. The van der Waals surface area contributed by atoms with Gasteiger partial charge >= 0.3 is 6.18 Å². The molecule has 0 radical (unpaired) electrons. The monoisotopic (exact) mass is 593 g/mol. The Kier molecular flexibility index (Phi) is 7.95. The summed E-state index contributed by atoms with van der Waals surface area (Å²) in [5, 5.41) is 11.0. The highest BCUT2D eigenvalue weighted by molar-refractivity contribution is 7.98. The second-order valence-corrected chi connectivity index (χ2v) is 11.7. The van der Waals surface area contributed by atoms with Crippen molar-refractivity contribution < 1.29 is 18.0 Å². The zero-order valence-corrected chi connectivity index (χ0v) is 24.1. The van der Waals surface area contributed by atoms with Gasteiger partial charge in [0.2, 0.25) is 0 Å². The van der Waals surface area contributed by atoms with E-state index in [4.69, 9.17) is 17.3 Å². The molecular weight excluding hydrogens is 567 g/mol. The van der Waals surface area contributed by atoms with Crippen LogP contribution in [0.15, 0.2) is 88.2 Å². The van der Waals surface area contributed by atoms with Gasteiger partial charge in [-0.15, -0.1) is 11.8 Å². The van der Waals surface area contributed by atoms with Gasteiger partial charge in [0.1, 0.15) is 5.82 Å². The summed E-state index contributed by atoms with van der Waals surface area (Å²) in [6, 6.07) is 18.9. The van der Waals surface area contributed by atoms with Crippen molar-refractivity contribution in [1.29, 1.82) is 5.26 Å². The van der Waals surface area contributed by atoms with E-state index in [1.165, 1.54) is 23.1 Å². The van der Waals surface area contributed by atoms with Gasteiger partial charge in [0.15, 0.2) is 5.78 Å². The Morgan fingerprint density at radius 3 is 2.46 bits per heavy atom. The van der Waals surface area contributed by atoms with Crippen molar-refractivity contribution in [2.45, 2.75) is 55.9 Å². The highest BCUT2D eigenvalue weighted by atomic mass is 35.5. The normalized spacial score (nSPS) is 17.5. The Labute approximate surface area is 246 Å². The zero-order chi connectivity index (χ0) is 29.5. The summed E-state index contributed by atoms with van der Waals surface area (Å²) in [5.41, 5.74) is 10.1. The molecule has 0 saturated heterocycles. The van der Waals surface area contributed by atoms with Crippen molar-refractivity contribution in [3.05, 3.63) is 116 Å². The molecule has 41 heavy (non-hydrogen) atoms. The van der Waals surface area contributed by atoms with Crippen molar-refractivity contribution in [3.63, 3.8) is 0 Å². The number of Topliss-reactive ketones (excluding diaryl/α,β-unsaturated/α-hetero) is 1. The second kappa shape index (κ2) is 11.3. The molecule has 0 amide bonds. The van der Waals surface area contributed by atoms with Crippen LogP contribution in [-0.4, -0.2) is 5.78 Å². The van der Waals surface area contributed by atoms with Gasteiger partial charge in [0.05, 0.1) is 28.8 Å². The van der Waals surface area contributed by atoms with E-state index in [-0.39, 0.29) is 29.3 Å². The summed E-state index contributed by atoms with van der Waals surface area (Å²) >= 11 is 7.66. The summed E-state index contributed by atoms with van der Waals surface area (Å²) in [4.78, 5) is 15.9. The van der Waals surface area contributed by atoms with E-state index in [0.717, 1.165) is 33.2 Å². The molecule has 3 aromatic carbocycles. The predicted molar refractivity (Wildman–Crippen MR) is 156 cm³/mol. The van der Waals surface area contributed by atoms with Gasteiger partial charge in [0, 0.05) is 33.4 Å². The van der Waals surface area contributed by atoms with Gasteiger partial charge in [-0.25, -0.2) is 0 Å². The standard InChI is InChI=1S/C32H27ClF3N3OS/c1-18-14-19(2)23(15-20(18)17-41-22-12-10-21(33)11-13-22)29-24(16-37)31(38)39(27-8-5-9-28(40)30(27)29)26-7-4-3-6-25(26)32(34,35)36/h3-4,6-7,10-15,29H,5,8-9,17,38H2,1-2H3. The molecule has 2 aliphatic rings. The molecule has 0 spiro atoms. The molecule has 2 N–H and O–H groups in total. The number of anilines is 1. The first kappa shape index (κ1) is 28.8. The highest BCUT2D eigenvalue weighted by Crippen LogP contribution is 2.49. The number of alkyl halides is 3. The van der Waals surface area contributed by atoms with Gasteiger partial charge in [-0.3, -0.25) is 9.69 Å². The molecule has 4 nitrogen and oxygen atoms in total. The van der Waals surface area contributed by atoms with Crippen molar-refractivity contribution in [2.75, 3.05) is 4.90 Å². The number of thioether (sulfide) groups is 1. The fourth-order valence-electron chi connectivity index (χ4n) is 5.66. The third kappa shape index (κ3) is 5.49. The number of nitrogens with two attached hydrogens (primary N) is 1. The Morgan fingerprint density at radius 2 is 1.78 bits per heavy atom. The van der Waals surface area contributed by atoms with E-state index in [9.17, 15) is 23.2 Å². The number of carbonyl (C=O) groups is 1. The van der Waals surface area contributed by atoms with E-state index in [0.29, 0.717) is 34.9 Å². The first-order valence-corrected chi connectivity index (χ1v) is 14.5. The van der Waals surface area contributed by atoms with Crippen LogP contribution in [0.4, 0.5) is 18.9 Å². The largest absolute Gasteiger partial charge is 0.418 e. The third-order valence-corrected chi connectivity index (χ3v) is 8.92. The highest BCUT2D eigenvalue weighted by Gasteiger charge is 2.43. The lowest BCUT2D eigenvalue weighted by Gasteiger charge is -2.40. The molecule has 5 rings (SSSR count). The quantitative estimate of drug-likeness (QED) is 0.300. The summed E-state index contributed by atoms with van der Waals surface area (Å²) < 4.78 is 42.2. The molecular formula is C32H27ClF3N3OS. The number of aryl methyl sites for hydroxylation is 2. The first-order valence-electron chi connectivity index (χ1n) is 13.1. The minimum absolute atomic E-state index is 0.0687. The van der Waals surface area contributed by atoms with Gasteiger partial charge in [0.25, 0.3) is 0 Å². The first-order chi connectivity index (χ1) is 19.5. The van der Waals surface area contributed by atoms with Gasteiger partial charge in [-0.2, -0.15) is 18.4 Å². The Bertz CT molecular complexity index is 1640. The number of para-hydroxylation sites is 1. The summed E-state index contributed by atoms with van der Waals surface area (Å²) in [5.74, 6) is -0.390. The van der Waals surface area contributed by atoms with Crippen LogP contribution in [0.1, 0.15) is 53.0 Å². The minimum atomic E-state index is -4.65. The fraction of sp³-hybridized carbons (Fsp3) is 0.250. The van der Waals surface area contributed by atoms with Crippen molar-refractivity contribution in [3.8, 4) is 6.07 Å². The van der Waals surface area contributed by atoms with Crippen molar-refractivity contribution >= 4 is 34.8 Å². The number of nitriles is 1. The molecule has 1 atom stereocenters. The van der Waals surface area contributed by atoms with Crippen LogP contribution in [0, 0.1) is 25.2 Å². The van der Waals surface area contributed by atoms with Crippen LogP contribution in [-0.2, 0) is 16.7 Å². The molecule has 9 heteroatoms. The van der Waals surface area contributed by atoms with E-state index >= 15 is 0 Å². The number of allylic oxidation sites excluding steroid dienone is 3. The molecule has 210 valence electrons. The summed E-state index contributed by atoms with van der Waals surface area (Å²) in [6.07, 6.45) is -3.54. The van der Waals surface area contributed by atoms with E-state index < -0.39 is 17.7 Å². The molecule has 0 saturated carbocycles. The van der Waals surface area contributed by atoms with Crippen molar-refractivity contribution in [2.24, 2.45) is 5.73 Å². The van der Waals surface area contributed by atoms with Gasteiger partial charge in [-0.05, 0) is 85.3 Å². The maximum absolute atomic E-state index is 14.1. The molecule has 1 unspecified atom stereocenters. The Hall–Kier alpha value is -3.67. The van der Waals surface area contributed by atoms with Crippen LogP contribution in [0.2, 0.25) is 5.02 Å². The lowest BCUT2D eigenvalue weighted by Crippen LogP contribution is -2.39. The summed E-state index contributed by atoms with van der Waals surface area (Å²) in [6.45, 7) is 3.93. The zero-order valence-electron chi connectivity index (χ0n) is 22.5. The molecule has 0 aromatic heterocycles. The molecule has 1 heterocycles. The van der Waals surface area contributed by atoms with E-state index in [1.54, 1.807) is 11.8 Å². The number of halogens is 4. The number of nitrogens with zero attached hydrogens (tertiary/aromatic N) is 2. The Morgan fingerprint density at radius 1 is 1.07 bits per heavy atom. The number of benzene rings is 3. The van der Waals surface area contributed by atoms with Crippen LogP contribution >= 0.6 is 23.4 Å². The van der Waals surface area contributed by atoms with E-state index in [1.807, 2.05) is 50.2 Å². The SMILES string of the molecule is Cc1cc(C)c(C2C(C#N)=C(N)N(c3ccccc3C(F)(F)F)C3=C2C(=O)CCC3)cc1CSc1ccc(Cl)cc1. The third-order valence-electron chi connectivity index (χ3n) is 7.61. The summed E-state index contributed by atoms with van der Waals surface area (Å²) in [7, 11) is 0. The lowest BCUT2D eigenvalue weighted by molar-refractivity contribution is -0.137. The second-order valence-electron chi connectivity index (χ2n) is 10.2. The van der Waals surface area contributed by atoms with Gasteiger partial charge < -0.3 is 5.73 Å². The lowest BCUT2D eigenvalue weighted by atomic mass is 9.74. The van der Waals surface area contributed by atoms with Crippen LogP contribution in [0.5, 0.6) is 0 Å². The number of rotatable bonds is 5. The van der Waals surface area contributed by atoms with Crippen LogP contribution in [0.25, 0.3) is 0 Å². The molecule has 1 aliphatic carbocycles. The molecule has 3 aromatic rings.